The molecule has 0 saturated carbocycles. The second kappa shape index (κ2) is 11.6. The van der Waals surface area contributed by atoms with Crippen molar-refractivity contribution in [3.05, 3.63) is 76.9 Å². The SMILES string of the molecule is Cc1cccc(C)c1NC(=O)C(O)[C@@H]1C/C=C\COCCOCc2ccccc2C(=O)N1. The van der Waals surface area contributed by atoms with Crippen LogP contribution in [0.25, 0.3) is 0 Å². The van der Waals surface area contributed by atoms with Crippen molar-refractivity contribution in [2.24, 2.45) is 0 Å². The second-order valence-electron chi connectivity index (χ2n) is 7.77. The number of nitrogens with one attached hydrogen (secondary N) is 2. The van der Waals surface area contributed by atoms with Gasteiger partial charge in [-0.15, -0.1) is 0 Å². The highest BCUT2D eigenvalue weighted by molar-refractivity contribution is 5.98. The molecule has 1 aliphatic heterocycles. The summed E-state index contributed by atoms with van der Waals surface area (Å²) in [7, 11) is 0. The zero-order valence-electron chi connectivity index (χ0n) is 18.5. The predicted molar refractivity (Wildman–Crippen MR) is 122 cm³/mol. The largest absolute Gasteiger partial charge is 0.381 e. The number of benzene rings is 2. The van der Waals surface area contributed by atoms with E-state index in [0.717, 1.165) is 16.7 Å². The zero-order chi connectivity index (χ0) is 22.9. The molecule has 3 rings (SSSR count). The summed E-state index contributed by atoms with van der Waals surface area (Å²) in [5, 5.41) is 16.5. The molecule has 2 aromatic carbocycles. The van der Waals surface area contributed by atoms with E-state index in [1.165, 1.54) is 0 Å². The first-order valence-electron chi connectivity index (χ1n) is 10.7. The maximum absolute atomic E-state index is 13.0. The van der Waals surface area contributed by atoms with E-state index in [0.29, 0.717) is 31.1 Å². The predicted octanol–water partition coefficient (Wildman–Crippen LogP) is 2.89. The van der Waals surface area contributed by atoms with Crippen LogP contribution in [-0.2, 0) is 20.9 Å². The molecule has 0 fully saturated rings. The van der Waals surface area contributed by atoms with Gasteiger partial charge in [-0.25, -0.2) is 0 Å². The molecule has 0 aliphatic carbocycles. The quantitative estimate of drug-likeness (QED) is 0.641. The number of aryl methyl sites for hydroxylation is 2. The van der Waals surface area contributed by atoms with Gasteiger partial charge in [0.25, 0.3) is 11.8 Å². The summed E-state index contributed by atoms with van der Waals surface area (Å²) in [5.74, 6) is -0.940. The standard InChI is InChI=1S/C25H30N2O5/c1-17-8-7-9-18(2)22(17)27-25(30)23(28)21-12-5-6-13-31-14-15-32-16-19-10-3-4-11-20(19)24(29)26-21/h3-11,21,23,28H,12-16H2,1-2H3,(H,26,29)(H,27,30)/b6-5-/t21-,23?/m0/s1. The van der Waals surface area contributed by atoms with Gasteiger partial charge in [-0.3, -0.25) is 9.59 Å². The van der Waals surface area contributed by atoms with Crippen molar-refractivity contribution in [2.75, 3.05) is 25.1 Å². The van der Waals surface area contributed by atoms with Gasteiger partial charge in [-0.05, 0) is 43.0 Å². The minimum absolute atomic E-state index is 0.267. The lowest BCUT2D eigenvalue weighted by molar-refractivity contribution is -0.125. The van der Waals surface area contributed by atoms with Crippen LogP contribution in [0.5, 0.6) is 0 Å². The number of para-hydroxylation sites is 1. The first-order valence-corrected chi connectivity index (χ1v) is 10.7. The minimum Gasteiger partial charge on any atom is -0.381 e. The van der Waals surface area contributed by atoms with E-state index in [9.17, 15) is 14.7 Å². The van der Waals surface area contributed by atoms with Gasteiger partial charge in [-0.1, -0.05) is 48.6 Å². The summed E-state index contributed by atoms with van der Waals surface area (Å²) < 4.78 is 11.1. The molecule has 0 saturated heterocycles. The number of ether oxygens (including phenoxy) is 2. The van der Waals surface area contributed by atoms with E-state index in [1.807, 2.05) is 44.2 Å². The molecule has 2 atom stereocenters. The fourth-order valence-corrected chi connectivity index (χ4v) is 3.53. The van der Waals surface area contributed by atoms with E-state index >= 15 is 0 Å². The highest BCUT2D eigenvalue weighted by Crippen LogP contribution is 2.20. The first kappa shape index (κ1) is 23.7. The molecule has 7 nitrogen and oxygen atoms in total. The van der Waals surface area contributed by atoms with Gasteiger partial charge >= 0.3 is 0 Å². The van der Waals surface area contributed by atoms with Crippen molar-refractivity contribution in [3.8, 4) is 0 Å². The number of anilines is 1. The third-order valence-corrected chi connectivity index (χ3v) is 5.36. The number of aliphatic hydroxyl groups is 1. The molecule has 0 bridgehead atoms. The van der Waals surface area contributed by atoms with Crippen LogP contribution in [0.4, 0.5) is 5.69 Å². The molecule has 7 heteroatoms. The second-order valence-corrected chi connectivity index (χ2v) is 7.77. The van der Waals surface area contributed by atoms with E-state index < -0.39 is 18.1 Å². The van der Waals surface area contributed by atoms with E-state index in [-0.39, 0.29) is 18.9 Å². The van der Waals surface area contributed by atoms with Gasteiger partial charge in [0.05, 0.1) is 32.5 Å². The third-order valence-electron chi connectivity index (χ3n) is 5.36. The maximum atomic E-state index is 13.0. The van der Waals surface area contributed by atoms with Crippen LogP contribution >= 0.6 is 0 Å². The topological polar surface area (TPSA) is 96.9 Å². The molecular weight excluding hydrogens is 408 g/mol. The Morgan fingerprint density at radius 1 is 1.06 bits per heavy atom. The van der Waals surface area contributed by atoms with Crippen molar-refractivity contribution in [2.45, 2.75) is 39.0 Å². The van der Waals surface area contributed by atoms with Gasteiger partial charge in [0.1, 0.15) is 0 Å². The van der Waals surface area contributed by atoms with Crippen LogP contribution in [0.2, 0.25) is 0 Å². The Hall–Kier alpha value is -3.00. The third kappa shape index (κ3) is 6.26. The molecule has 0 aromatic heterocycles. The highest BCUT2D eigenvalue weighted by Gasteiger charge is 2.28. The van der Waals surface area contributed by atoms with Gasteiger partial charge in [0.2, 0.25) is 0 Å². The minimum atomic E-state index is -1.44. The molecule has 1 aliphatic rings. The zero-order valence-corrected chi connectivity index (χ0v) is 18.5. The van der Waals surface area contributed by atoms with Crippen LogP contribution in [0, 0.1) is 13.8 Å². The highest BCUT2D eigenvalue weighted by atomic mass is 16.5. The molecule has 170 valence electrons. The maximum Gasteiger partial charge on any atom is 0.255 e. The Morgan fingerprint density at radius 3 is 2.56 bits per heavy atom. The number of carbonyl (C=O) groups is 2. The Labute approximate surface area is 188 Å². The molecule has 3 N–H and O–H groups in total. The normalized spacial score (nSPS) is 19.7. The number of aliphatic hydroxyl groups excluding tert-OH is 1. The molecule has 2 amide bonds. The summed E-state index contributed by atoms with van der Waals surface area (Å²) in [5.41, 5.74) is 3.63. The van der Waals surface area contributed by atoms with Gasteiger partial charge < -0.3 is 25.2 Å². The summed E-state index contributed by atoms with van der Waals surface area (Å²) in [6, 6.07) is 12.0. The van der Waals surface area contributed by atoms with Crippen LogP contribution in [0.3, 0.4) is 0 Å². The molecule has 1 heterocycles. The Bertz CT molecular complexity index is 952. The Morgan fingerprint density at radius 2 is 1.78 bits per heavy atom. The van der Waals surface area contributed by atoms with Crippen LogP contribution < -0.4 is 10.6 Å². The summed E-state index contributed by atoms with van der Waals surface area (Å²) in [6.45, 7) is 5.28. The number of amides is 2. The van der Waals surface area contributed by atoms with Gasteiger partial charge in [-0.2, -0.15) is 0 Å². The Kier molecular flexibility index (Phi) is 8.56. The molecule has 0 radical (unpaired) electrons. The fraction of sp³-hybridized carbons (Fsp3) is 0.360. The van der Waals surface area contributed by atoms with Gasteiger partial charge in [0.15, 0.2) is 6.10 Å². The van der Waals surface area contributed by atoms with Crippen LogP contribution in [0.15, 0.2) is 54.6 Å². The lowest BCUT2D eigenvalue weighted by Gasteiger charge is -2.24. The molecule has 1 unspecified atom stereocenters. The van der Waals surface area contributed by atoms with Crippen molar-refractivity contribution >= 4 is 17.5 Å². The van der Waals surface area contributed by atoms with E-state index in [1.54, 1.807) is 24.3 Å². The van der Waals surface area contributed by atoms with E-state index in [2.05, 4.69) is 10.6 Å². The van der Waals surface area contributed by atoms with Crippen molar-refractivity contribution in [1.29, 1.82) is 0 Å². The number of fused-ring (bicyclic) bond motifs is 1. The van der Waals surface area contributed by atoms with Crippen molar-refractivity contribution in [3.63, 3.8) is 0 Å². The summed E-state index contributed by atoms with van der Waals surface area (Å²) in [6.07, 6.45) is 2.42. The molecule has 2 aromatic rings. The number of hydrogen-bond donors (Lipinski definition) is 3. The molecule has 0 spiro atoms. The summed E-state index contributed by atoms with van der Waals surface area (Å²) >= 11 is 0. The average molecular weight is 439 g/mol. The number of rotatable bonds is 3. The number of hydrogen-bond acceptors (Lipinski definition) is 5. The average Bonchev–Trinajstić information content (AvgIpc) is 2.78. The van der Waals surface area contributed by atoms with Gasteiger partial charge in [0, 0.05) is 11.3 Å². The molecule has 32 heavy (non-hydrogen) atoms. The molecular formula is C25H30N2O5. The monoisotopic (exact) mass is 438 g/mol. The lowest BCUT2D eigenvalue weighted by atomic mass is 10.0. The van der Waals surface area contributed by atoms with E-state index in [4.69, 9.17) is 9.47 Å². The lowest BCUT2D eigenvalue weighted by Crippen LogP contribution is -2.48. The van der Waals surface area contributed by atoms with Crippen LogP contribution in [-0.4, -0.2) is 48.9 Å². The fourth-order valence-electron chi connectivity index (χ4n) is 3.53. The smallest absolute Gasteiger partial charge is 0.255 e. The number of carbonyl (C=O) groups excluding carboxylic acids is 2. The first-order chi connectivity index (χ1) is 15.5. The van der Waals surface area contributed by atoms with Crippen LogP contribution in [0.1, 0.15) is 33.5 Å². The van der Waals surface area contributed by atoms with Crippen molar-refractivity contribution < 1.29 is 24.2 Å². The summed E-state index contributed by atoms with van der Waals surface area (Å²) in [4.78, 5) is 25.9. The van der Waals surface area contributed by atoms with Crippen molar-refractivity contribution in [1.82, 2.24) is 5.32 Å². The Balaban J connectivity index is 1.81.